The zero-order valence-corrected chi connectivity index (χ0v) is 14.9. The quantitative estimate of drug-likeness (QED) is 0.571. The Labute approximate surface area is 153 Å². The summed E-state index contributed by atoms with van der Waals surface area (Å²) in [6, 6.07) is 11.6. The first kappa shape index (κ1) is 17.6. The van der Waals surface area contributed by atoms with Crippen LogP contribution in [-0.4, -0.2) is 10.9 Å². The summed E-state index contributed by atoms with van der Waals surface area (Å²) in [7, 11) is 0. The summed E-state index contributed by atoms with van der Waals surface area (Å²) >= 11 is 4.60. The van der Waals surface area contributed by atoms with Gasteiger partial charge < -0.3 is 0 Å². The van der Waals surface area contributed by atoms with E-state index in [1.54, 1.807) is 5.38 Å². The molecule has 0 saturated heterocycles. The first-order valence-corrected chi connectivity index (χ1v) is 8.70. The molecule has 3 rings (SSSR count). The van der Waals surface area contributed by atoms with Crippen LogP contribution in [0.15, 0.2) is 58.4 Å². The van der Waals surface area contributed by atoms with Crippen LogP contribution >= 0.6 is 27.3 Å². The molecule has 0 bridgehead atoms. The van der Waals surface area contributed by atoms with Gasteiger partial charge in [0.1, 0.15) is 0 Å². The van der Waals surface area contributed by atoms with Gasteiger partial charge in [-0.3, -0.25) is 10.1 Å². The van der Waals surface area contributed by atoms with Gasteiger partial charge in [0.25, 0.3) is 5.91 Å². The number of carbonyl (C=O) groups excluding carboxylic acids is 1. The summed E-state index contributed by atoms with van der Waals surface area (Å²) in [5, 5.41) is 4.77. The summed E-state index contributed by atoms with van der Waals surface area (Å²) in [6.45, 7) is 0. The largest absolute Gasteiger partial charge is 0.416 e. The minimum Gasteiger partial charge on any atom is -0.298 e. The van der Waals surface area contributed by atoms with Crippen LogP contribution in [0.25, 0.3) is 11.3 Å². The number of amides is 1. The Bertz CT molecular complexity index is 890. The van der Waals surface area contributed by atoms with Crippen molar-refractivity contribution in [1.29, 1.82) is 0 Å². The predicted molar refractivity (Wildman–Crippen MR) is 94.6 cm³/mol. The summed E-state index contributed by atoms with van der Waals surface area (Å²) in [5.41, 5.74) is 0.943. The SMILES string of the molecule is O=C(Nc1nc(-c2ccc(Br)cc2)cs1)c1ccc(C(F)(F)F)cc1. The number of hydrogen-bond donors (Lipinski definition) is 1. The number of benzene rings is 2. The second-order valence-electron chi connectivity index (χ2n) is 5.07. The van der Waals surface area contributed by atoms with Crippen molar-refractivity contribution in [1.82, 2.24) is 4.98 Å². The van der Waals surface area contributed by atoms with E-state index in [0.717, 1.165) is 34.3 Å². The number of carbonyl (C=O) groups is 1. The van der Waals surface area contributed by atoms with Crippen molar-refractivity contribution in [3.05, 3.63) is 69.5 Å². The lowest BCUT2D eigenvalue weighted by atomic mass is 10.1. The van der Waals surface area contributed by atoms with Crippen LogP contribution in [0.5, 0.6) is 0 Å². The lowest BCUT2D eigenvalue weighted by molar-refractivity contribution is -0.137. The number of nitrogens with one attached hydrogen (secondary N) is 1. The number of halogens is 4. The van der Waals surface area contributed by atoms with E-state index in [0.29, 0.717) is 10.8 Å². The average molecular weight is 427 g/mol. The van der Waals surface area contributed by atoms with E-state index in [1.807, 2.05) is 24.3 Å². The maximum atomic E-state index is 12.5. The van der Waals surface area contributed by atoms with Crippen molar-refractivity contribution in [2.24, 2.45) is 0 Å². The van der Waals surface area contributed by atoms with E-state index in [2.05, 4.69) is 26.2 Å². The molecule has 0 aliphatic carbocycles. The Morgan fingerprint density at radius 1 is 1.04 bits per heavy atom. The van der Waals surface area contributed by atoms with Crippen LogP contribution in [0.3, 0.4) is 0 Å². The second kappa shape index (κ2) is 6.97. The molecular weight excluding hydrogens is 417 g/mol. The normalized spacial score (nSPS) is 11.4. The molecule has 0 aliphatic heterocycles. The highest BCUT2D eigenvalue weighted by atomic mass is 79.9. The number of hydrogen-bond acceptors (Lipinski definition) is 3. The Morgan fingerprint density at radius 2 is 1.68 bits per heavy atom. The summed E-state index contributed by atoms with van der Waals surface area (Å²) in [5.74, 6) is -0.509. The molecule has 1 aromatic heterocycles. The van der Waals surface area contributed by atoms with Gasteiger partial charge in [0.2, 0.25) is 0 Å². The van der Waals surface area contributed by atoms with Crippen LogP contribution in [0.2, 0.25) is 0 Å². The number of anilines is 1. The van der Waals surface area contributed by atoms with Gasteiger partial charge >= 0.3 is 6.18 Å². The summed E-state index contributed by atoms with van der Waals surface area (Å²) in [4.78, 5) is 16.5. The molecule has 3 aromatic rings. The molecule has 1 amide bonds. The average Bonchev–Trinajstić information content (AvgIpc) is 3.03. The Hall–Kier alpha value is -2.19. The van der Waals surface area contributed by atoms with Crippen LogP contribution in [-0.2, 0) is 6.18 Å². The van der Waals surface area contributed by atoms with Gasteiger partial charge in [-0.1, -0.05) is 28.1 Å². The van der Waals surface area contributed by atoms with Crippen LogP contribution in [0.4, 0.5) is 18.3 Å². The molecule has 0 radical (unpaired) electrons. The third kappa shape index (κ3) is 4.26. The first-order valence-electron chi connectivity index (χ1n) is 7.03. The Morgan fingerprint density at radius 3 is 2.28 bits per heavy atom. The molecule has 25 heavy (non-hydrogen) atoms. The highest BCUT2D eigenvalue weighted by molar-refractivity contribution is 9.10. The van der Waals surface area contributed by atoms with Crippen molar-refractivity contribution >= 4 is 38.3 Å². The third-order valence-corrected chi connectivity index (χ3v) is 4.63. The highest BCUT2D eigenvalue weighted by Gasteiger charge is 2.30. The number of rotatable bonds is 3. The van der Waals surface area contributed by atoms with E-state index in [4.69, 9.17) is 0 Å². The van der Waals surface area contributed by atoms with E-state index in [-0.39, 0.29) is 5.56 Å². The van der Waals surface area contributed by atoms with Gasteiger partial charge in [-0.2, -0.15) is 13.2 Å². The molecule has 8 heteroatoms. The Balaban J connectivity index is 1.72. The molecule has 0 aliphatic rings. The zero-order valence-electron chi connectivity index (χ0n) is 12.5. The fourth-order valence-corrected chi connectivity index (χ4v) is 3.04. The number of aromatic nitrogens is 1. The lowest BCUT2D eigenvalue weighted by Gasteiger charge is -2.07. The van der Waals surface area contributed by atoms with E-state index < -0.39 is 17.6 Å². The molecule has 0 atom stereocenters. The molecule has 0 unspecified atom stereocenters. The maximum absolute atomic E-state index is 12.5. The molecule has 2 aromatic carbocycles. The van der Waals surface area contributed by atoms with Gasteiger partial charge in [0, 0.05) is 21.0 Å². The molecular formula is C17H10BrF3N2OS. The number of alkyl halides is 3. The fraction of sp³-hybridized carbons (Fsp3) is 0.0588. The zero-order chi connectivity index (χ0) is 18.0. The monoisotopic (exact) mass is 426 g/mol. The molecule has 3 nitrogen and oxygen atoms in total. The van der Waals surface area contributed by atoms with Gasteiger partial charge in [0.15, 0.2) is 5.13 Å². The number of thiazole rings is 1. The van der Waals surface area contributed by atoms with E-state index >= 15 is 0 Å². The van der Waals surface area contributed by atoms with Crippen molar-refractivity contribution in [2.75, 3.05) is 5.32 Å². The standard InChI is InChI=1S/C17H10BrF3N2OS/c18-13-7-3-10(4-8-13)14-9-25-16(22-14)23-15(24)11-1-5-12(6-2-11)17(19,20)21/h1-9H,(H,22,23,24). The minimum absolute atomic E-state index is 0.133. The van der Waals surface area contributed by atoms with Gasteiger partial charge in [-0.25, -0.2) is 4.98 Å². The minimum atomic E-state index is -4.43. The van der Waals surface area contributed by atoms with Crippen LogP contribution in [0.1, 0.15) is 15.9 Å². The van der Waals surface area contributed by atoms with Crippen molar-refractivity contribution < 1.29 is 18.0 Å². The predicted octanol–water partition coefficient (Wildman–Crippen LogP) is 5.84. The Kier molecular flexibility index (Phi) is 4.91. The van der Waals surface area contributed by atoms with Gasteiger partial charge in [0.05, 0.1) is 11.3 Å². The molecule has 0 saturated carbocycles. The number of nitrogens with zero attached hydrogens (tertiary/aromatic N) is 1. The second-order valence-corrected chi connectivity index (χ2v) is 6.85. The molecule has 0 spiro atoms. The molecule has 1 heterocycles. The van der Waals surface area contributed by atoms with Crippen molar-refractivity contribution in [3.8, 4) is 11.3 Å². The van der Waals surface area contributed by atoms with Gasteiger partial charge in [-0.05, 0) is 36.4 Å². The molecule has 0 fully saturated rings. The molecule has 1 N–H and O–H groups in total. The maximum Gasteiger partial charge on any atom is 0.416 e. The van der Waals surface area contributed by atoms with E-state index in [1.165, 1.54) is 11.3 Å². The van der Waals surface area contributed by atoms with Crippen LogP contribution < -0.4 is 5.32 Å². The fourth-order valence-electron chi connectivity index (χ4n) is 2.06. The third-order valence-electron chi connectivity index (χ3n) is 3.34. The molecule has 128 valence electrons. The van der Waals surface area contributed by atoms with Gasteiger partial charge in [-0.15, -0.1) is 11.3 Å². The smallest absolute Gasteiger partial charge is 0.298 e. The first-order chi connectivity index (χ1) is 11.8. The lowest BCUT2D eigenvalue weighted by Crippen LogP contribution is -2.12. The highest BCUT2D eigenvalue weighted by Crippen LogP contribution is 2.29. The van der Waals surface area contributed by atoms with Crippen molar-refractivity contribution in [3.63, 3.8) is 0 Å². The topological polar surface area (TPSA) is 42.0 Å². The van der Waals surface area contributed by atoms with Crippen LogP contribution in [0, 0.1) is 0 Å². The summed E-state index contributed by atoms with van der Waals surface area (Å²) in [6.07, 6.45) is -4.43. The van der Waals surface area contributed by atoms with E-state index in [9.17, 15) is 18.0 Å². The van der Waals surface area contributed by atoms with Crippen molar-refractivity contribution in [2.45, 2.75) is 6.18 Å². The summed E-state index contributed by atoms with van der Waals surface area (Å²) < 4.78 is 38.6.